The SMILES string of the molecule is COc1ccc(C(=O)COC(=O)c2ccc(COC(C)C)cc2)cc1OC. The number of carbonyl (C=O) groups excluding carboxylic acids is 2. The summed E-state index contributed by atoms with van der Waals surface area (Å²) in [5.41, 5.74) is 1.71. The third-order valence-corrected chi connectivity index (χ3v) is 3.81. The van der Waals surface area contributed by atoms with Crippen LogP contribution in [0.5, 0.6) is 11.5 Å². The lowest BCUT2D eigenvalue weighted by Gasteiger charge is -2.10. The molecule has 0 aromatic heterocycles. The van der Waals surface area contributed by atoms with Crippen molar-refractivity contribution in [3.8, 4) is 11.5 Å². The molecule has 2 aromatic rings. The third kappa shape index (κ3) is 5.82. The Labute approximate surface area is 159 Å². The van der Waals surface area contributed by atoms with Crippen molar-refractivity contribution in [1.29, 1.82) is 0 Å². The standard InChI is InChI=1S/C21H24O6/c1-14(2)26-12-15-5-7-16(8-6-15)21(23)27-13-18(22)17-9-10-19(24-3)20(11-17)25-4/h5-11,14H,12-13H2,1-4H3. The van der Waals surface area contributed by atoms with Gasteiger partial charge in [0, 0.05) is 5.56 Å². The fraction of sp³-hybridized carbons (Fsp3) is 0.333. The zero-order chi connectivity index (χ0) is 19.8. The van der Waals surface area contributed by atoms with Crippen molar-refractivity contribution in [2.45, 2.75) is 26.6 Å². The molecule has 0 atom stereocenters. The van der Waals surface area contributed by atoms with Gasteiger partial charge in [-0.25, -0.2) is 4.79 Å². The van der Waals surface area contributed by atoms with Gasteiger partial charge in [-0.1, -0.05) is 12.1 Å². The molecule has 0 aliphatic rings. The van der Waals surface area contributed by atoms with Crippen LogP contribution in [0.3, 0.4) is 0 Å². The van der Waals surface area contributed by atoms with Gasteiger partial charge in [0.1, 0.15) is 0 Å². The average Bonchev–Trinajstić information content (AvgIpc) is 2.69. The van der Waals surface area contributed by atoms with Gasteiger partial charge >= 0.3 is 5.97 Å². The predicted octanol–water partition coefficient (Wildman–Crippen LogP) is 3.67. The molecule has 0 aliphatic heterocycles. The van der Waals surface area contributed by atoms with E-state index >= 15 is 0 Å². The summed E-state index contributed by atoms with van der Waals surface area (Å²) in [6, 6.07) is 11.7. The van der Waals surface area contributed by atoms with Crippen molar-refractivity contribution < 1.29 is 28.5 Å². The van der Waals surface area contributed by atoms with Crippen LogP contribution in [0.4, 0.5) is 0 Å². The monoisotopic (exact) mass is 372 g/mol. The first-order chi connectivity index (χ1) is 12.9. The zero-order valence-electron chi connectivity index (χ0n) is 16.0. The maximum atomic E-state index is 12.3. The first kappa shape index (κ1) is 20.5. The van der Waals surface area contributed by atoms with Crippen molar-refractivity contribution in [3.63, 3.8) is 0 Å². The van der Waals surface area contributed by atoms with Crippen LogP contribution in [-0.4, -0.2) is 38.7 Å². The Morgan fingerprint density at radius 3 is 2.11 bits per heavy atom. The molecule has 0 amide bonds. The van der Waals surface area contributed by atoms with Gasteiger partial charge in [-0.05, 0) is 49.7 Å². The minimum atomic E-state index is -0.555. The molecule has 0 unspecified atom stereocenters. The summed E-state index contributed by atoms with van der Waals surface area (Å²) < 4.78 is 20.9. The molecule has 0 N–H and O–H groups in total. The second-order valence-electron chi connectivity index (χ2n) is 6.13. The molecule has 0 heterocycles. The average molecular weight is 372 g/mol. The summed E-state index contributed by atoms with van der Waals surface area (Å²) in [5.74, 6) is 0.0767. The number of esters is 1. The van der Waals surface area contributed by atoms with E-state index in [4.69, 9.17) is 18.9 Å². The van der Waals surface area contributed by atoms with Gasteiger partial charge in [-0.3, -0.25) is 4.79 Å². The maximum absolute atomic E-state index is 12.3. The number of carbonyl (C=O) groups is 2. The van der Waals surface area contributed by atoms with Crippen molar-refractivity contribution in [2.24, 2.45) is 0 Å². The highest BCUT2D eigenvalue weighted by molar-refractivity contribution is 5.99. The van der Waals surface area contributed by atoms with Crippen LogP contribution in [0.25, 0.3) is 0 Å². The number of ketones is 1. The van der Waals surface area contributed by atoms with Gasteiger partial charge in [0.2, 0.25) is 0 Å². The summed E-state index contributed by atoms with van der Waals surface area (Å²) in [4.78, 5) is 24.4. The normalized spacial score (nSPS) is 10.6. The summed E-state index contributed by atoms with van der Waals surface area (Å²) >= 11 is 0. The number of rotatable bonds is 9. The largest absolute Gasteiger partial charge is 0.493 e. The molecule has 144 valence electrons. The Hall–Kier alpha value is -2.86. The lowest BCUT2D eigenvalue weighted by Crippen LogP contribution is -2.14. The third-order valence-electron chi connectivity index (χ3n) is 3.81. The van der Waals surface area contributed by atoms with Gasteiger partial charge in [0.25, 0.3) is 0 Å². The molecule has 2 rings (SSSR count). The molecule has 6 heteroatoms. The Balaban J connectivity index is 1.93. The smallest absolute Gasteiger partial charge is 0.338 e. The molecular formula is C21H24O6. The molecule has 0 aliphatic carbocycles. The highest BCUT2D eigenvalue weighted by Crippen LogP contribution is 2.27. The maximum Gasteiger partial charge on any atom is 0.338 e. The molecule has 0 bridgehead atoms. The van der Waals surface area contributed by atoms with E-state index in [2.05, 4.69) is 0 Å². The van der Waals surface area contributed by atoms with Crippen molar-refractivity contribution in [3.05, 3.63) is 59.2 Å². The Morgan fingerprint density at radius 2 is 1.52 bits per heavy atom. The number of methoxy groups -OCH3 is 2. The van der Waals surface area contributed by atoms with E-state index in [0.717, 1.165) is 5.56 Å². The van der Waals surface area contributed by atoms with Gasteiger partial charge < -0.3 is 18.9 Å². The quantitative estimate of drug-likeness (QED) is 0.494. The highest BCUT2D eigenvalue weighted by atomic mass is 16.5. The molecule has 6 nitrogen and oxygen atoms in total. The molecule has 27 heavy (non-hydrogen) atoms. The summed E-state index contributed by atoms with van der Waals surface area (Å²) in [6.07, 6.45) is 0.136. The highest BCUT2D eigenvalue weighted by Gasteiger charge is 2.14. The van der Waals surface area contributed by atoms with E-state index in [9.17, 15) is 9.59 Å². The fourth-order valence-electron chi connectivity index (χ4n) is 2.31. The van der Waals surface area contributed by atoms with E-state index in [-0.39, 0.29) is 18.5 Å². The van der Waals surface area contributed by atoms with Crippen molar-refractivity contribution in [2.75, 3.05) is 20.8 Å². The van der Waals surface area contributed by atoms with Crippen LogP contribution in [-0.2, 0) is 16.1 Å². The topological polar surface area (TPSA) is 71.1 Å². The van der Waals surface area contributed by atoms with E-state index in [1.54, 1.807) is 42.5 Å². The van der Waals surface area contributed by atoms with Crippen LogP contribution in [0.15, 0.2) is 42.5 Å². The van der Waals surface area contributed by atoms with Crippen LogP contribution < -0.4 is 9.47 Å². The molecule has 0 fully saturated rings. The van der Waals surface area contributed by atoms with Gasteiger partial charge in [-0.15, -0.1) is 0 Å². The van der Waals surface area contributed by atoms with Crippen molar-refractivity contribution in [1.82, 2.24) is 0 Å². The molecular weight excluding hydrogens is 348 g/mol. The van der Waals surface area contributed by atoms with E-state index in [1.165, 1.54) is 14.2 Å². The Bertz CT molecular complexity index is 780. The second-order valence-corrected chi connectivity index (χ2v) is 6.13. The molecule has 0 saturated carbocycles. The van der Waals surface area contributed by atoms with Gasteiger partial charge in [-0.2, -0.15) is 0 Å². The van der Waals surface area contributed by atoms with Crippen LogP contribution in [0.2, 0.25) is 0 Å². The first-order valence-corrected chi connectivity index (χ1v) is 8.57. The summed E-state index contributed by atoms with van der Waals surface area (Å²) in [5, 5.41) is 0. The van der Waals surface area contributed by atoms with Crippen LogP contribution >= 0.6 is 0 Å². The second kappa shape index (κ2) is 9.73. The van der Waals surface area contributed by atoms with Gasteiger partial charge in [0.15, 0.2) is 23.9 Å². The summed E-state index contributed by atoms with van der Waals surface area (Å²) in [6.45, 7) is 4.04. The van der Waals surface area contributed by atoms with E-state index in [1.807, 2.05) is 13.8 Å². The number of hydrogen-bond acceptors (Lipinski definition) is 6. The number of hydrogen-bond donors (Lipinski definition) is 0. The first-order valence-electron chi connectivity index (χ1n) is 8.57. The van der Waals surface area contributed by atoms with Gasteiger partial charge in [0.05, 0.1) is 32.5 Å². The minimum absolute atomic E-state index is 0.136. The lowest BCUT2D eigenvalue weighted by molar-refractivity contribution is 0.0474. The Morgan fingerprint density at radius 1 is 0.889 bits per heavy atom. The predicted molar refractivity (Wildman–Crippen MR) is 101 cm³/mol. The number of benzene rings is 2. The molecule has 0 radical (unpaired) electrons. The van der Waals surface area contributed by atoms with Crippen LogP contribution in [0.1, 0.15) is 40.1 Å². The van der Waals surface area contributed by atoms with Crippen molar-refractivity contribution >= 4 is 11.8 Å². The van der Waals surface area contributed by atoms with E-state index in [0.29, 0.717) is 29.2 Å². The minimum Gasteiger partial charge on any atom is -0.493 e. The number of Topliss-reactive ketones (excluding diaryl/α,β-unsaturated/α-hetero) is 1. The molecule has 0 saturated heterocycles. The molecule has 2 aromatic carbocycles. The lowest BCUT2D eigenvalue weighted by atomic mass is 10.1. The fourth-order valence-corrected chi connectivity index (χ4v) is 2.31. The summed E-state index contributed by atoms with van der Waals surface area (Å²) in [7, 11) is 3.00. The molecule has 0 spiro atoms. The van der Waals surface area contributed by atoms with E-state index < -0.39 is 5.97 Å². The Kier molecular flexibility index (Phi) is 7.37. The van der Waals surface area contributed by atoms with Crippen LogP contribution in [0, 0.1) is 0 Å². The zero-order valence-corrected chi connectivity index (χ0v) is 16.0. The number of ether oxygens (including phenoxy) is 4.